The lowest BCUT2D eigenvalue weighted by atomic mass is 10.2. The maximum atomic E-state index is 6.16. The first-order valence-corrected chi connectivity index (χ1v) is 8.45. The number of rotatable bonds is 6. The molecule has 3 aromatic rings. The Balaban J connectivity index is 1.95. The molecule has 0 unspecified atom stereocenters. The highest BCUT2D eigenvalue weighted by Crippen LogP contribution is 2.31. The molecule has 0 aliphatic carbocycles. The molecule has 0 amide bonds. The second-order valence-electron chi connectivity index (χ2n) is 5.79. The van der Waals surface area contributed by atoms with Crippen LogP contribution in [0.4, 0.5) is 0 Å². The van der Waals surface area contributed by atoms with Crippen molar-refractivity contribution in [1.82, 2.24) is 9.55 Å². The predicted molar refractivity (Wildman–Crippen MR) is 96.8 cm³/mol. The standard InChI is InChI=1S/C20H24N2O2/c1-5-22-15(4)14(3)19-20(22)18(11-12-21-19)24-13-16-9-7-8-10-17(16)23-6-2/h7-12H,5-6,13H2,1-4H3. The van der Waals surface area contributed by atoms with Gasteiger partial charge in [0.15, 0.2) is 0 Å². The largest absolute Gasteiger partial charge is 0.493 e. The van der Waals surface area contributed by atoms with Crippen LogP contribution < -0.4 is 9.47 Å². The van der Waals surface area contributed by atoms with E-state index in [-0.39, 0.29) is 0 Å². The number of nitrogens with zero attached hydrogens (tertiary/aromatic N) is 2. The van der Waals surface area contributed by atoms with Crippen LogP contribution in [0.3, 0.4) is 0 Å². The molecule has 0 aliphatic heterocycles. The minimum Gasteiger partial charge on any atom is -0.493 e. The Morgan fingerprint density at radius 1 is 1.00 bits per heavy atom. The van der Waals surface area contributed by atoms with Gasteiger partial charge in [0.05, 0.1) is 12.1 Å². The number of fused-ring (bicyclic) bond motifs is 1. The normalized spacial score (nSPS) is 11.0. The molecule has 126 valence electrons. The summed E-state index contributed by atoms with van der Waals surface area (Å²) in [6.07, 6.45) is 1.82. The molecule has 0 bridgehead atoms. The van der Waals surface area contributed by atoms with E-state index in [4.69, 9.17) is 9.47 Å². The van der Waals surface area contributed by atoms with Gasteiger partial charge in [0.2, 0.25) is 0 Å². The number of hydrogen-bond donors (Lipinski definition) is 0. The van der Waals surface area contributed by atoms with Crippen LogP contribution in [0.5, 0.6) is 11.5 Å². The quantitative estimate of drug-likeness (QED) is 0.662. The number of para-hydroxylation sites is 1. The van der Waals surface area contributed by atoms with Gasteiger partial charge in [0.25, 0.3) is 0 Å². The van der Waals surface area contributed by atoms with E-state index in [0.29, 0.717) is 13.2 Å². The summed E-state index contributed by atoms with van der Waals surface area (Å²) in [5.74, 6) is 1.74. The SMILES string of the molecule is CCOc1ccccc1COc1ccnc2c(C)c(C)n(CC)c12. The molecule has 0 aliphatic rings. The molecule has 0 N–H and O–H groups in total. The molecule has 2 aromatic heterocycles. The zero-order valence-electron chi connectivity index (χ0n) is 14.8. The smallest absolute Gasteiger partial charge is 0.147 e. The molecule has 2 heterocycles. The first kappa shape index (κ1) is 16.4. The summed E-state index contributed by atoms with van der Waals surface area (Å²) in [5.41, 5.74) is 5.60. The predicted octanol–water partition coefficient (Wildman–Crippen LogP) is 4.65. The third-order valence-corrected chi connectivity index (χ3v) is 4.43. The van der Waals surface area contributed by atoms with Gasteiger partial charge < -0.3 is 14.0 Å². The van der Waals surface area contributed by atoms with Gasteiger partial charge >= 0.3 is 0 Å². The van der Waals surface area contributed by atoms with Gasteiger partial charge in [0.1, 0.15) is 23.6 Å². The van der Waals surface area contributed by atoms with Crippen LogP contribution in [-0.2, 0) is 13.2 Å². The summed E-state index contributed by atoms with van der Waals surface area (Å²) in [6.45, 7) is 10.4. The Bertz CT molecular complexity index is 852. The van der Waals surface area contributed by atoms with Crippen LogP contribution in [-0.4, -0.2) is 16.2 Å². The van der Waals surface area contributed by atoms with Crippen molar-refractivity contribution >= 4 is 11.0 Å². The highest BCUT2D eigenvalue weighted by Gasteiger charge is 2.15. The molecule has 0 saturated carbocycles. The van der Waals surface area contributed by atoms with E-state index in [1.54, 1.807) is 0 Å². The van der Waals surface area contributed by atoms with Crippen LogP contribution >= 0.6 is 0 Å². The Kier molecular flexibility index (Phi) is 4.74. The molecule has 0 atom stereocenters. The summed E-state index contributed by atoms with van der Waals surface area (Å²) in [7, 11) is 0. The van der Waals surface area contributed by atoms with Crippen molar-refractivity contribution in [2.45, 2.75) is 40.8 Å². The lowest BCUT2D eigenvalue weighted by Gasteiger charge is -2.13. The lowest BCUT2D eigenvalue weighted by molar-refractivity contribution is 0.288. The van der Waals surface area contributed by atoms with Crippen LogP contribution in [0.1, 0.15) is 30.7 Å². The molecule has 3 rings (SSSR count). The summed E-state index contributed by atoms with van der Waals surface area (Å²) in [5, 5.41) is 0. The number of ether oxygens (including phenoxy) is 2. The van der Waals surface area contributed by atoms with Crippen molar-refractivity contribution < 1.29 is 9.47 Å². The molecule has 0 radical (unpaired) electrons. The van der Waals surface area contributed by atoms with E-state index >= 15 is 0 Å². The average Bonchev–Trinajstić information content (AvgIpc) is 2.86. The second kappa shape index (κ2) is 6.95. The topological polar surface area (TPSA) is 36.3 Å². The maximum Gasteiger partial charge on any atom is 0.147 e. The van der Waals surface area contributed by atoms with Gasteiger partial charge in [0, 0.05) is 30.1 Å². The Morgan fingerprint density at radius 2 is 1.79 bits per heavy atom. The summed E-state index contributed by atoms with van der Waals surface area (Å²) in [6, 6.07) is 9.95. The van der Waals surface area contributed by atoms with Crippen molar-refractivity contribution in [3.05, 3.63) is 53.3 Å². The molecular formula is C20H24N2O2. The molecule has 0 fully saturated rings. The first-order chi connectivity index (χ1) is 11.7. The fourth-order valence-corrected chi connectivity index (χ4v) is 3.10. The van der Waals surface area contributed by atoms with E-state index in [0.717, 1.165) is 34.6 Å². The van der Waals surface area contributed by atoms with Gasteiger partial charge in [-0.15, -0.1) is 0 Å². The molecule has 24 heavy (non-hydrogen) atoms. The number of hydrogen-bond acceptors (Lipinski definition) is 3. The number of benzene rings is 1. The highest BCUT2D eigenvalue weighted by atomic mass is 16.5. The van der Waals surface area contributed by atoms with Crippen LogP contribution in [0, 0.1) is 13.8 Å². The zero-order chi connectivity index (χ0) is 17.1. The van der Waals surface area contributed by atoms with E-state index in [9.17, 15) is 0 Å². The molecule has 0 saturated heterocycles. The fraction of sp³-hybridized carbons (Fsp3) is 0.350. The van der Waals surface area contributed by atoms with Gasteiger partial charge in [-0.3, -0.25) is 4.98 Å². The number of pyridine rings is 1. The fourth-order valence-electron chi connectivity index (χ4n) is 3.10. The first-order valence-electron chi connectivity index (χ1n) is 8.45. The maximum absolute atomic E-state index is 6.16. The van der Waals surface area contributed by atoms with Crippen molar-refractivity contribution in [3.8, 4) is 11.5 Å². The summed E-state index contributed by atoms with van der Waals surface area (Å²) >= 11 is 0. The Hall–Kier alpha value is -2.49. The molecule has 4 heteroatoms. The van der Waals surface area contributed by atoms with Crippen LogP contribution in [0.25, 0.3) is 11.0 Å². The number of aryl methyl sites for hydroxylation is 2. The molecule has 4 nitrogen and oxygen atoms in total. The third kappa shape index (κ3) is 2.84. The van der Waals surface area contributed by atoms with Crippen molar-refractivity contribution in [3.63, 3.8) is 0 Å². The molecule has 1 aromatic carbocycles. The van der Waals surface area contributed by atoms with Gasteiger partial charge in [-0.05, 0) is 39.3 Å². The Morgan fingerprint density at radius 3 is 2.54 bits per heavy atom. The minimum atomic E-state index is 0.474. The van der Waals surface area contributed by atoms with Crippen LogP contribution in [0.2, 0.25) is 0 Å². The second-order valence-corrected chi connectivity index (χ2v) is 5.79. The van der Waals surface area contributed by atoms with Crippen molar-refractivity contribution in [2.24, 2.45) is 0 Å². The van der Waals surface area contributed by atoms with E-state index in [1.165, 1.54) is 11.3 Å². The zero-order valence-corrected chi connectivity index (χ0v) is 14.8. The van der Waals surface area contributed by atoms with Crippen molar-refractivity contribution in [1.29, 1.82) is 0 Å². The van der Waals surface area contributed by atoms with E-state index < -0.39 is 0 Å². The Labute approximate surface area is 143 Å². The molecule has 0 spiro atoms. The minimum absolute atomic E-state index is 0.474. The molecular weight excluding hydrogens is 300 g/mol. The number of aromatic nitrogens is 2. The average molecular weight is 324 g/mol. The lowest BCUT2D eigenvalue weighted by Crippen LogP contribution is -2.03. The van der Waals surface area contributed by atoms with Crippen LogP contribution in [0.15, 0.2) is 36.5 Å². The van der Waals surface area contributed by atoms with E-state index in [1.807, 2.05) is 43.5 Å². The third-order valence-electron chi connectivity index (χ3n) is 4.43. The van der Waals surface area contributed by atoms with Gasteiger partial charge in [-0.2, -0.15) is 0 Å². The van der Waals surface area contributed by atoms with Gasteiger partial charge in [-0.1, -0.05) is 18.2 Å². The summed E-state index contributed by atoms with van der Waals surface area (Å²) in [4.78, 5) is 4.55. The summed E-state index contributed by atoms with van der Waals surface area (Å²) < 4.78 is 14.1. The van der Waals surface area contributed by atoms with Gasteiger partial charge in [-0.25, -0.2) is 0 Å². The van der Waals surface area contributed by atoms with Crippen molar-refractivity contribution in [2.75, 3.05) is 6.61 Å². The van der Waals surface area contributed by atoms with E-state index in [2.05, 4.69) is 30.3 Å². The monoisotopic (exact) mass is 324 g/mol. The highest BCUT2D eigenvalue weighted by molar-refractivity contribution is 5.86.